The number of anilines is 1. The van der Waals surface area contributed by atoms with Crippen LogP contribution in [-0.4, -0.2) is 19.7 Å². The van der Waals surface area contributed by atoms with Gasteiger partial charge in [-0.1, -0.05) is 0 Å². The van der Waals surface area contributed by atoms with Crippen molar-refractivity contribution in [3.8, 4) is 0 Å². The number of hydrogen-bond acceptors (Lipinski definition) is 4. The lowest BCUT2D eigenvalue weighted by Crippen LogP contribution is -2.28. The van der Waals surface area contributed by atoms with E-state index in [0.29, 0.717) is 17.6 Å². The Bertz CT molecular complexity index is 890. The second-order valence-electron chi connectivity index (χ2n) is 4.66. The molecule has 0 amide bonds. The number of nitrogens with one attached hydrogen (secondary N) is 3. The molecule has 2 aromatic heterocycles. The van der Waals surface area contributed by atoms with E-state index in [4.69, 9.17) is 0 Å². The average molecular weight is 285 g/mol. The minimum Gasteiger partial charge on any atom is -0.379 e. The van der Waals surface area contributed by atoms with Crippen LogP contribution in [0.4, 0.5) is 5.69 Å². The second-order valence-corrected chi connectivity index (χ2v) is 4.66. The fourth-order valence-electron chi connectivity index (χ4n) is 2.21. The van der Waals surface area contributed by atoms with Crippen LogP contribution in [0, 0.1) is 0 Å². The van der Waals surface area contributed by atoms with Crippen molar-refractivity contribution in [1.82, 2.24) is 19.7 Å². The number of benzene rings is 1. The molecule has 108 valence electrons. The maximum atomic E-state index is 11.3. The Morgan fingerprint density at radius 2 is 1.90 bits per heavy atom. The average Bonchev–Trinajstić information content (AvgIpc) is 2.94. The summed E-state index contributed by atoms with van der Waals surface area (Å²) in [5, 5.41) is 7.48. The Labute approximate surface area is 119 Å². The number of aryl methyl sites for hydroxylation is 1. The highest BCUT2D eigenvalue weighted by atomic mass is 16.2. The fraction of sp³-hybridized carbons (Fsp3) is 0.214. The first-order valence-electron chi connectivity index (χ1n) is 6.68. The molecule has 0 bridgehead atoms. The van der Waals surface area contributed by atoms with Crippen molar-refractivity contribution in [2.24, 2.45) is 0 Å². The number of rotatable bonds is 4. The van der Waals surface area contributed by atoms with Crippen LogP contribution in [-0.2, 0) is 13.1 Å². The summed E-state index contributed by atoms with van der Waals surface area (Å²) in [7, 11) is 0. The van der Waals surface area contributed by atoms with Gasteiger partial charge in [0.05, 0.1) is 23.3 Å². The summed E-state index contributed by atoms with van der Waals surface area (Å²) >= 11 is 0. The topological polar surface area (TPSA) is 95.6 Å². The zero-order valence-corrected chi connectivity index (χ0v) is 11.5. The highest BCUT2D eigenvalue weighted by Crippen LogP contribution is 2.14. The Morgan fingerprint density at radius 3 is 2.67 bits per heavy atom. The molecule has 0 saturated heterocycles. The van der Waals surface area contributed by atoms with E-state index in [2.05, 4.69) is 20.4 Å². The van der Waals surface area contributed by atoms with Gasteiger partial charge in [-0.2, -0.15) is 5.10 Å². The zero-order chi connectivity index (χ0) is 14.8. The first kappa shape index (κ1) is 13.2. The van der Waals surface area contributed by atoms with Crippen LogP contribution in [0.15, 0.2) is 40.1 Å². The quantitative estimate of drug-likeness (QED) is 0.624. The van der Waals surface area contributed by atoms with Gasteiger partial charge in [0.15, 0.2) is 0 Å². The summed E-state index contributed by atoms with van der Waals surface area (Å²) in [6.45, 7) is 3.48. The van der Waals surface area contributed by atoms with E-state index in [9.17, 15) is 9.59 Å². The Morgan fingerprint density at radius 1 is 1.14 bits per heavy atom. The molecule has 0 spiro atoms. The van der Waals surface area contributed by atoms with Gasteiger partial charge in [0.25, 0.3) is 0 Å². The standard InChI is InChI=1S/C14H15N5O2/c1-2-19-10(5-6-16-19)8-15-9-3-4-11-12(7-9)18-14(21)13(20)17-11/h3-7,15H,2,8H2,1H3,(H,17,20)(H,18,21). The number of fused-ring (bicyclic) bond motifs is 1. The Hall–Kier alpha value is -2.83. The van der Waals surface area contributed by atoms with Crippen molar-refractivity contribution in [3.63, 3.8) is 0 Å². The molecule has 7 nitrogen and oxygen atoms in total. The van der Waals surface area contributed by atoms with Crippen molar-refractivity contribution in [1.29, 1.82) is 0 Å². The predicted molar refractivity (Wildman–Crippen MR) is 80.4 cm³/mol. The molecule has 0 unspecified atom stereocenters. The minimum absolute atomic E-state index is 0.591. The van der Waals surface area contributed by atoms with E-state index in [1.807, 2.05) is 23.7 Å². The van der Waals surface area contributed by atoms with Gasteiger partial charge in [0.1, 0.15) is 0 Å². The van der Waals surface area contributed by atoms with E-state index in [1.54, 1.807) is 18.3 Å². The van der Waals surface area contributed by atoms with Crippen LogP contribution < -0.4 is 16.4 Å². The molecule has 21 heavy (non-hydrogen) atoms. The maximum Gasteiger partial charge on any atom is 0.314 e. The normalized spacial score (nSPS) is 10.9. The largest absolute Gasteiger partial charge is 0.379 e. The third kappa shape index (κ3) is 2.58. The molecular formula is C14H15N5O2. The van der Waals surface area contributed by atoms with Crippen molar-refractivity contribution in [2.75, 3.05) is 5.32 Å². The number of H-pyrrole nitrogens is 2. The SMILES string of the molecule is CCn1nccc1CNc1ccc2[nH]c(=O)c(=O)[nH]c2c1. The molecule has 7 heteroatoms. The summed E-state index contributed by atoms with van der Waals surface area (Å²) in [5.74, 6) is 0. The molecular weight excluding hydrogens is 270 g/mol. The van der Waals surface area contributed by atoms with Crippen LogP contribution in [0.1, 0.15) is 12.6 Å². The van der Waals surface area contributed by atoms with Crippen LogP contribution >= 0.6 is 0 Å². The highest BCUT2D eigenvalue weighted by molar-refractivity contribution is 5.78. The van der Waals surface area contributed by atoms with Crippen LogP contribution in [0.25, 0.3) is 11.0 Å². The third-order valence-corrected chi connectivity index (χ3v) is 3.30. The van der Waals surface area contributed by atoms with E-state index in [-0.39, 0.29) is 0 Å². The summed E-state index contributed by atoms with van der Waals surface area (Å²) in [4.78, 5) is 27.7. The van der Waals surface area contributed by atoms with Gasteiger partial charge in [0, 0.05) is 18.4 Å². The molecule has 0 atom stereocenters. The Kier molecular flexibility index (Phi) is 3.31. The lowest BCUT2D eigenvalue weighted by atomic mass is 10.2. The van der Waals surface area contributed by atoms with Gasteiger partial charge in [0.2, 0.25) is 0 Å². The molecule has 2 heterocycles. The van der Waals surface area contributed by atoms with Crippen LogP contribution in [0.5, 0.6) is 0 Å². The minimum atomic E-state index is -0.649. The molecule has 0 saturated carbocycles. The molecule has 0 aliphatic carbocycles. The molecule has 0 fully saturated rings. The number of hydrogen-bond donors (Lipinski definition) is 3. The number of aromatic amines is 2. The van der Waals surface area contributed by atoms with Gasteiger partial charge in [-0.15, -0.1) is 0 Å². The van der Waals surface area contributed by atoms with Crippen LogP contribution in [0.3, 0.4) is 0 Å². The molecule has 3 N–H and O–H groups in total. The molecule has 0 radical (unpaired) electrons. The summed E-state index contributed by atoms with van der Waals surface area (Å²) < 4.78 is 1.91. The highest BCUT2D eigenvalue weighted by Gasteiger charge is 2.03. The van der Waals surface area contributed by atoms with Crippen molar-refractivity contribution in [2.45, 2.75) is 20.0 Å². The van der Waals surface area contributed by atoms with Gasteiger partial charge in [-0.25, -0.2) is 0 Å². The lowest BCUT2D eigenvalue weighted by Gasteiger charge is -2.08. The second kappa shape index (κ2) is 5.28. The van der Waals surface area contributed by atoms with E-state index in [1.165, 1.54) is 0 Å². The molecule has 3 rings (SSSR count). The monoisotopic (exact) mass is 285 g/mol. The molecule has 0 aliphatic rings. The summed E-state index contributed by atoms with van der Waals surface area (Å²) in [6.07, 6.45) is 1.77. The first-order chi connectivity index (χ1) is 10.2. The van der Waals surface area contributed by atoms with E-state index in [0.717, 1.165) is 17.9 Å². The first-order valence-corrected chi connectivity index (χ1v) is 6.68. The molecule has 3 aromatic rings. The van der Waals surface area contributed by atoms with E-state index >= 15 is 0 Å². The van der Waals surface area contributed by atoms with Crippen molar-refractivity contribution in [3.05, 3.63) is 56.9 Å². The number of aromatic nitrogens is 4. The van der Waals surface area contributed by atoms with Gasteiger partial charge < -0.3 is 15.3 Å². The van der Waals surface area contributed by atoms with Gasteiger partial charge in [-0.05, 0) is 31.2 Å². The van der Waals surface area contributed by atoms with Crippen molar-refractivity contribution < 1.29 is 0 Å². The predicted octanol–water partition coefficient (Wildman–Crippen LogP) is 1.04. The smallest absolute Gasteiger partial charge is 0.314 e. The summed E-state index contributed by atoms with van der Waals surface area (Å²) in [5.41, 5.74) is 1.83. The van der Waals surface area contributed by atoms with Crippen molar-refractivity contribution >= 4 is 16.7 Å². The fourth-order valence-corrected chi connectivity index (χ4v) is 2.21. The van der Waals surface area contributed by atoms with Gasteiger partial charge >= 0.3 is 11.1 Å². The van der Waals surface area contributed by atoms with E-state index < -0.39 is 11.1 Å². The summed E-state index contributed by atoms with van der Waals surface area (Å²) in [6, 6.07) is 7.35. The third-order valence-electron chi connectivity index (χ3n) is 3.30. The lowest BCUT2D eigenvalue weighted by molar-refractivity contribution is 0.627. The van der Waals surface area contributed by atoms with Gasteiger partial charge in [-0.3, -0.25) is 14.3 Å². The van der Waals surface area contributed by atoms with Crippen LogP contribution in [0.2, 0.25) is 0 Å². The zero-order valence-electron chi connectivity index (χ0n) is 11.5. The maximum absolute atomic E-state index is 11.3. The number of nitrogens with zero attached hydrogens (tertiary/aromatic N) is 2. The molecule has 1 aromatic carbocycles. The molecule has 0 aliphatic heterocycles. The Balaban J connectivity index is 1.86.